The van der Waals surface area contributed by atoms with Crippen LogP contribution in [-0.4, -0.2) is 15.3 Å². The molecule has 3 rings (SSSR count). The smallest absolute Gasteiger partial charge is 0.184 e. The van der Waals surface area contributed by atoms with Gasteiger partial charge in [-0.2, -0.15) is 0 Å². The van der Waals surface area contributed by atoms with E-state index in [9.17, 15) is 4.79 Å². The van der Waals surface area contributed by atoms with Gasteiger partial charge in [0.05, 0.1) is 24.1 Å². The summed E-state index contributed by atoms with van der Waals surface area (Å²) in [7, 11) is 0. The highest BCUT2D eigenvalue weighted by Gasteiger charge is 2.13. The quantitative estimate of drug-likeness (QED) is 0.447. The summed E-state index contributed by atoms with van der Waals surface area (Å²) in [4.78, 5) is 16.4. The molecule has 0 aliphatic rings. The number of ketones is 1. The van der Waals surface area contributed by atoms with Gasteiger partial charge in [0.15, 0.2) is 5.78 Å². The fourth-order valence-electron chi connectivity index (χ4n) is 2.09. The van der Waals surface area contributed by atoms with E-state index in [0.29, 0.717) is 22.1 Å². The summed E-state index contributed by atoms with van der Waals surface area (Å²) in [6.45, 7) is 0.160. The molecule has 0 aliphatic carbocycles. The molecule has 0 saturated carbocycles. The van der Waals surface area contributed by atoms with Crippen molar-refractivity contribution in [3.63, 3.8) is 0 Å². The summed E-state index contributed by atoms with van der Waals surface area (Å²) >= 11 is 13.0. The van der Waals surface area contributed by atoms with Gasteiger partial charge in [0, 0.05) is 16.1 Å². The Kier molecular flexibility index (Phi) is 5.38. The second-order valence-corrected chi connectivity index (χ2v) is 7.10. The standard InChI is InChI=1S/C17H11Br2ClN2O2/c18-11-1-3-12(4-2-11)24-13-5-6-14(15(20)7-13)16(23)9-22-10-21-8-17(22)19/h1-8,10H,9H2. The molecule has 4 nitrogen and oxygen atoms in total. The normalized spacial score (nSPS) is 10.6. The minimum atomic E-state index is -0.103. The van der Waals surface area contributed by atoms with Gasteiger partial charge in [-0.3, -0.25) is 4.79 Å². The summed E-state index contributed by atoms with van der Waals surface area (Å²) in [6, 6.07) is 12.5. The highest BCUT2D eigenvalue weighted by molar-refractivity contribution is 9.10. The highest BCUT2D eigenvalue weighted by atomic mass is 79.9. The Balaban J connectivity index is 1.75. The minimum Gasteiger partial charge on any atom is -0.457 e. The fraction of sp³-hybridized carbons (Fsp3) is 0.0588. The zero-order valence-corrected chi connectivity index (χ0v) is 16.2. The van der Waals surface area contributed by atoms with Gasteiger partial charge in [-0.05, 0) is 52.3 Å². The van der Waals surface area contributed by atoms with Gasteiger partial charge in [0.1, 0.15) is 16.1 Å². The summed E-state index contributed by atoms with van der Waals surface area (Å²) in [6.07, 6.45) is 3.21. The summed E-state index contributed by atoms with van der Waals surface area (Å²) in [5, 5.41) is 0.353. The number of aromatic nitrogens is 2. The molecule has 0 fully saturated rings. The van der Waals surface area contributed by atoms with Gasteiger partial charge in [0.2, 0.25) is 0 Å². The molecule has 0 saturated heterocycles. The molecule has 0 N–H and O–H groups in total. The predicted molar refractivity (Wildman–Crippen MR) is 99.9 cm³/mol. The van der Waals surface area contributed by atoms with Crippen LogP contribution in [0.3, 0.4) is 0 Å². The number of hydrogen-bond donors (Lipinski definition) is 0. The predicted octanol–water partition coefficient (Wildman–Crippen LogP) is 5.74. The van der Waals surface area contributed by atoms with Gasteiger partial charge in [0.25, 0.3) is 0 Å². The first-order chi connectivity index (χ1) is 11.5. The molecule has 0 bridgehead atoms. The molecule has 7 heteroatoms. The van der Waals surface area contributed by atoms with Crippen LogP contribution in [0, 0.1) is 0 Å². The SMILES string of the molecule is O=C(Cn1cncc1Br)c1ccc(Oc2ccc(Br)cc2)cc1Cl. The summed E-state index contributed by atoms with van der Waals surface area (Å²) < 4.78 is 9.14. The largest absolute Gasteiger partial charge is 0.457 e. The molecule has 0 amide bonds. The molecule has 122 valence electrons. The second kappa shape index (κ2) is 7.51. The average Bonchev–Trinajstić information content (AvgIpc) is 2.95. The maximum absolute atomic E-state index is 12.4. The van der Waals surface area contributed by atoms with E-state index in [2.05, 4.69) is 36.8 Å². The van der Waals surface area contributed by atoms with E-state index in [1.54, 1.807) is 35.3 Å². The molecule has 0 unspecified atom stereocenters. The van der Waals surface area contributed by atoms with Crippen LogP contribution in [0.5, 0.6) is 11.5 Å². The fourth-order valence-corrected chi connectivity index (χ4v) is 2.96. The van der Waals surface area contributed by atoms with Gasteiger partial charge in [-0.1, -0.05) is 27.5 Å². The number of benzene rings is 2. The third kappa shape index (κ3) is 4.06. The Morgan fingerprint density at radius 3 is 2.46 bits per heavy atom. The molecular weight excluding hydrogens is 459 g/mol. The number of ether oxygens (including phenoxy) is 1. The molecule has 1 aromatic heterocycles. The van der Waals surface area contributed by atoms with Crippen LogP contribution >= 0.6 is 43.5 Å². The first kappa shape index (κ1) is 17.2. The van der Waals surface area contributed by atoms with Crippen LogP contribution in [0.15, 0.2) is 64.1 Å². The van der Waals surface area contributed by atoms with Gasteiger partial charge < -0.3 is 9.30 Å². The maximum atomic E-state index is 12.4. The van der Waals surface area contributed by atoms with Gasteiger partial charge in [-0.25, -0.2) is 4.98 Å². The lowest BCUT2D eigenvalue weighted by Crippen LogP contribution is -2.10. The van der Waals surface area contributed by atoms with E-state index in [-0.39, 0.29) is 12.3 Å². The molecule has 2 aromatic carbocycles. The Hall–Kier alpha value is -1.63. The number of carbonyl (C=O) groups is 1. The lowest BCUT2D eigenvalue weighted by atomic mass is 10.1. The molecule has 0 radical (unpaired) electrons. The van der Waals surface area contributed by atoms with Crippen molar-refractivity contribution in [2.45, 2.75) is 6.54 Å². The van der Waals surface area contributed by atoms with Crippen molar-refractivity contribution in [1.29, 1.82) is 0 Å². The molecular formula is C17H11Br2ClN2O2. The van der Waals surface area contributed by atoms with Crippen LogP contribution in [0.25, 0.3) is 0 Å². The highest BCUT2D eigenvalue weighted by Crippen LogP contribution is 2.28. The maximum Gasteiger partial charge on any atom is 0.184 e. The number of carbonyl (C=O) groups excluding carboxylic acids is 1. The molecule has 24 heavy (non-hydrogen) atoms. The second-order valence-electron chi connectivity index (χ2n) is 4.97. The molecule has 1 heterocycles. The number of hydrogen-bond acceptors (Lipinski definition) is 3. The Morgan fingerprint density at radius 1 is 1.12 bits per heavy atom. The van der Waals surface area contributed by atoms with Gasteiger partial charge in [-0.15, -0.1) is 0 Å². The third-order valence-electron chi connectivity index (χ3n) is 3.27. The van der Waals surface area contributed by atoms with Crippen molar-refractivity contribution in [2.24, 2.45) is 0 Å². The zero-order valence-electron chi connectivity index (χ0n) is 12.2. The lowest BCUT2D eigenvalue weighted by Gasteiger charge is -2.09. The third-order valence-corrected chi connectivity index (χ3v) is 4.77. The Morgan fingerprint density at radius 2 is 1.83 bits per heavy atom. The van der Waals surface area contributed by atoms with Crippen LogP contribution in [0.1, 0.15) is 10.4 Å². The number of Topliss-reactive ketones (excluding diaryl/α,β-unsaturated/α-hetero) is 1. The van der Waals surface area contributed by atoms with Crippen molar-refractivity contribution in [3.05, 3.63) is 74.7 Å². The van der Waals surface area contributed by atoms with E-state index in [4.69, 9.17) is 16.3 Å². The van der Waals surface area contributed by atoms with Crippen LogP contribution in [0.4, 0.5) is 0 Å². The number of halogens is 3. The number of rotatable bonds is 5. The van der Waals surface area contributed by atoms with Crippen molar-refractivity contribution in [2.75, 3.05) is 0 Å². The topological polar surface area (TPSA) is 44.1 Å². The first-order valence-corrected chi connectivity index (χ1v) is 8.91. The minimum absolute atomic E-state index is 0.103. The molecule has 3 aromatic rings. The van der Waals surface area contributed by atoms with Crippen LogP contribution < -0.4 is 4.74 Å². The van der Waals surface area contributed by atoms with E-state index in [0.717, 1.165) is 9.08 Å². The van der Waals surface area contributed by atoms with E-state index < -0.39 is 0 Å². The van der Waals surface area contributed by atoms with E-state index >= 15 is 0 Å². The van der Waals surface area contributed by atoms with E-state index in [1.165, 1.54) is 0 Å². The number of nitrogens with zero attached hydrogens (tertiary/aromatic N) is 2. The Bertz CT molecular complexity index is 879. The number of imidazole rings is 1. The van der Waals surface area contributed by atoms with Crippen molar-refractivity contribution in [3.8, 4) is 11.5 Å². The molecule has 0 atom stereocenters. The van der Waals surface area contributed by atoms with Gasteiger partial charge >= 0.3 is 0 Å². The van der Waals surface area contributed by atoms with Crippen LogP contribution in [-0.2, 0) is 6.54 Å². The van der Waals surface area contributed by atoms with Crippen molar-refractivity contribution >= 4 is 49.2 Å². The zero-order chi connectivity index (χ0) is 17.1. The van der Waals surface area contributed by atoms with Crippen molar-refractivity contribution in [1.82, 2.24) is 9.55 Å². The summed E-state index contributed by atoms with van der Waals surface area (Å²) in [5.74, 6) is 1.16. The monoisotopic (exact) mass is 468 g/mol. The van der Waals surface area contributed by atoms with Crippen LogP contribution in [0.2, 0.25) is 5.02 Å². The van der Waals surface area contributed by atoms with Crippen molar-refractivity contribution < 1.29 is 9.53 Å². The molecule has 0 spiro atoms. The van der Waals surface area contributed by atoms with E-state index in [1.807, 2.05) is 24.3 Å². The lowest BCUT2D eigenvalue weighted by molar-refractivity contribution is 0.0971. The average molecular weight is 471 g/mol. The first-order valence-electron chi connectivity index (χ1n) is 6.95. The summed E-state index contributed by atoms with van der Waals surface area (Å²) in [5.41, 5.74) is 0.445. The Labute approximate surface area is 160 Å². The molecule has 0 aliphatic heterocycles.